The zero-order valence-electron chi connectivity index (χ0n) is 13.0. The van der Waals surface area contributed by atoms with Crippen molar-refractivity contribution >= 4 is 17.2 Å². The maximum absolute atomic E-state index is 12.6. The minimum atomic E-state index is 0.203. The van der Waals surface area contributed by atoms with Gasteiger partial charge in [0, 0.05) is 32.7 Å². The fourth-order valence-corrected chi connectivity index (χ4v) is 3.80. The second-order valence-corrected chi connectivity index (χ2v) is 6.76. The van der Waals surface area contributed by atoms with Crippen molar-refractivity contribution in [2.24, 2.45) is 0 Å². The van der Waals surface area contributed by atoms with Gasteiger partial charge in [-0.3, -0.25) is 9.69 Å². The van der Waals surface area contributed by atoms with Gasteiger partial charge in [0.25, 0.3) is 5.91 Å². The number of benzene rings is 1. The molecule has 1 aromatic carbocycles. The third-order valence-electron chi connectivity index (χ3n) is 4.18. The van der Waals surface area contributed by atoms with Crippen LogP contribution in [0.15, 0.2) is 41.8 Å². The Morgan fingerprint density at radius 1 is 1.09 bits per heavy atom. The van der Waals surface area contributed by atoms with Gasteiger partial charge in [-0.2, -0.15) is 0 Å². The summed E-state index contributed by atoms with van der Waals surface area (Å²) < 4.78 is 0. The van der Waals surface area contributed by atoms with E-state index in [-0.39, 0.29) is 5.91 Å². The Kier molecular flexibility index (Phi) is 4.90. The van der Waals surface area contributed by atoms with E-state index in [0.29, 0.717) is 0 Å². The fourth-order valence-electron chi connectivity index (χ4n) is 2.91. The van der Waals surface area contributed by atoms with Crippen LogP contribution < -0.4 is 0 Å². The first-order chi connectivity index (χ1) is 10.7. The quantitative estimate of drug-likeness (QED) is 0.867. The van der Waals surface area contributed by atoms with E-state index in [1.807, 2.05) is 23.3 Å². The molecule has 0 saturated carbocycles. The number of nitrogens with zero attached hydrogens (tertiary/aromatic N) is 2. The van der Waals surface area contributed by atoms with Gasteiger partial charge in [0.05, 0.1) is 4.88 Å². The Hall–Kier alpha value is -1.65. The van der Waals surface area contributed by atoms with Gasteiger partial charge in [0.2, 0.25) is 0 Å². The normalized spacial score (nSPS) is 16.5. The highest BCUT2D eigenvalue weighted by Crippen LogP contribution is 2.19. The molecular weight excluding hydrogens is 292 g/mol. The summed E-state index contributed by atoms with van der Waals surface area (Å²) in [6, 6.07) is 12.6. The molecule has 0 N–H and O–H groups in total. The Morgan fingerprint density at radius 3 is 2.64 bits per heavy atom. The number of hydrogen-bond acceptors (Lipinski definition) is 3. The number of aryl methyl sites for hydroxylation is 1. The molecule has 1 saturated heterocycles. The molecule has 1 fully saturated rings. The molecule has 3 nitrogen and oxygen atoms in total. The largest absolute Gasteiger partial charge is 0.337 e. The summed E-state index contributed by atoms with van der Waals surface area (Å²) in [5.41, 5.74) is 2.44. The van der Waals surface area contributed by atoms with Gasteiger partial charge in [-0.1, -0.05) is 30.3 Å². The highest BCUT2D eigenvalue weighted by Gasteiger charge is 2.22. The molecule has 116 valence electrons. The van der Waals surface area contributed by atoms with Crippen molar-refractivity contribution in [3.8, 4) is 0 Å². The fraction of sp³-hybridized carbons (Fsp3) is 0.389. The van der Waals surface area contributed by atoms with Crippen molar-refractivity contribution in [3.63, 3.8) is 0 Å². The van der Waals surface area contributed by atoms with Gasteiger partial charge in [0.15, 0.2) is 0 Å². The maximum Gasteiger partial charge on any atom is 0.264 e. The lowest BCUT2D eigenvalue weighted by molar-refractivity contribution is 0.0765. The number of amides is 1. The first-order valence-electron chi connectivity index (χ1n) is 7.83. The summed E-state index contributed by atoms with van der Waals surface area (Å²) >= 11 is 1.56. The smallest absolute Gasteiger partial charge is 0.264 e. The number of carbonyl (C=O) groups excluding carboxylic acids is 1. The van der Waals surface area contributed by atoms with Crippen molar-refractivity contribution in [2.75, 3.05) is 26.2 Å². The molecule has 1 aliphatic rings. The molecule has 1 amide bonds. The van der Waals surface area contributed by atoms with E-state index < -0.39 is 0 Å². The highest BCUT2D eigenvalue weighted by molar-refractivity contribution is 7.12. The second kappa shape index (κ2) is 7.07. The molecule has 0 bridgehead atoms. The summed E-state index contributed by atoms with van der Waals surface area (Å²) in [4.78, 5) is 18.0. The van der Waals surface area contributed by atoms with Crippen LogP contribution in [-0.2, 0) is 6.54 Å². The summed E-state index contributed by atoms with van der Waals surface area (Å²) in [7, 11) is 0. The molecule has 1 aliphatic heterocycles. The van der Waals surface area contributed by atoms with Crippen LogP contribution in [0.3, 0.4) is 0 Å². The Balaban J connectivity index is 1.60. The molecule has 2 aromatic rings. The summed E-state index contributed by atoms with van der Waals surface area (Å²) in [5.74, 6) is 0.203. The predicted molar refractivity (Wildman–Crippen MR) is 91.3 cm³/mol. The van der Waals surface area contributed by atoms with Crippen LogP contribution >= 0.6 is 11.3 Å². The van der Waals surface area contributed by atoms with Gasteiger partial charge < -0.3 is 4.90 Å². The molecular formula is C18H22N2OS. The standard InChI is InChI=1S/C18H22N2OS/c1-15-8-13-22-17(15)18(21)20-10-5-9-19(11-12-20)14-16-6-3-2-4-7-16/h2-4,6-8,13H,5,9-12,14H2,1H3. The van der Waals surface area contributed by atoms with E-state index in [1.165, 1.54) is 5.56 Å². The third kappa shape index (κ3) is 3.57. The minimum absolute atomic E-state index is 0.203. The topological polar surface area (TPSA) is 23.6 Å². The molecule has 3 rings (SSSR count). The van der Waals surface area contributed by atoms with Crippen molar-refractivity contribution in [1.82, 2.24) is 9.80 Å². The number of hydrogen-bond donors (Lipinski definition) is 0. The second-order valence-electron chi connectivity index (χ2n) is 5.84. The Labute approximate surface area is 136 Å². The van der Waals surface area contributed by atoms with Gasteiger partial charge in [0.1, 0.15) is 0 Å². The van der Waals surface area contributed by atoms with Gasteiger partial charge in [-0.25, -0.2) is 0 Å². The lowest BCUT2D eigenvalue weighted by Gasteiger charge is -2.22. The van der Waals surface area contributed by atoms with E-state index >= 15 is 0 Å². The summed E-state index contributed by atoms with van der Waals surface area (Å²) in [5, 5.41) is 2.00. The molecule has 2 heterocycles. The van der Waals surface area contributed by atoms with Crippen LogP contribution in [0.5, 0.6) is 0 Å². The van der Waals surface area contributed by atoms with Crippen molar-refractivity contribution in [1.29, 1.82) is 0 Å². The minimum Gasteiger partial charge on any atom is -0.337 e. The monoisotopic (exact) mass is 314 g/mol. The van der Waals surface area contributed by atoms with Crippen LogP contribution in [0, 0.1) is 6.92 Å². The molecule has 4 heteroatoms. The van der Waals surface area contributed by atoms with E-state index in [0.717, 1.165) is 49.6 Å². The van der Waals surface area contributed by atoms with E-state index in [1.54, 1.807) is 11.3 Å². The van der Waals surface area contributed by atoms with Crippen LogP contribution in [0.4, 0.5) is 0 Å². The van der Waals surface area contributed by atoms with Crippen LogP contribution in [0.25, 0.3) is 0 Å². The van der Waals surface area contributed by atoms with E-state index in [9.17, 15) is 4.79 Å². The average molecular weight is 314 g/mol. The van der Waals surface area contributed by atoms with E-state index in [4.69, 9.17) is 0 Å². The molecule has 0 atom stereocenters. The van der Waals surface area contributed by atoms with Crippen LogP contribution in [0.1, 0.15) is 27.2 Å². The molecule has 0 spiro atoms. The lowest BCUT2D eigenvalue weighted by atomic mass is 10.2. The lowest BCUT2D eigenvalue weighted by Crippen LogP contribution is -2.35. The zero-order chi connectivity index (χ0) is 15.4. The molecule has 0 aliphatic carbocycles. The van der Waals surface area contributed by atoms with Crippen LogP contribution in [-0.4, -0.2) is 41.9 Å². The van der Waals surface area contributed by atoms with Crippen molar-refractivity contribution in [2.45, 2.75) is 19.9 Å². The first-order valence-corrected chi connectivity index (χ1v) is 8.71. The summed E-state index contributed by atoms with van der Waals surface area (Å²) in [6.07, 6.45) is 1.04. The van der Waals surface area contributed by atoms with Crippen molar-refractivity contribution < 1.29 is 4.79 Å². The Morgan fingerprint density at radius 2 is 1.91 bits per heavy atom. The number of thiophene rings is 1. The Bertz CT molecular complexity index is 623. The zero-order valence-corrected chi connectivity index (χ0v) is 13.8. The highest BCUT2D eigenvalue weighted by atomic mass is 32.1. The maximum atomic E-state index is 12.6. The SMILES string of the molecule is Cc1ccsc1C(=O)N1CCCN(Cc2ccccc2)CC1. The summed E-state index contributed by atoms with van der Waals surface area (Å²) in [6.45, 7) is 6.68. The molecule has 0 radical (unpaired) electrons. The molecule has 22 heavy (non-hydrogen) atoms. The number of rotatable bonds is 3. The van der Waals surface area contributed by atoms with Crippen LogP contribution in [0.2, 0.25) is 0 Å². The van der Waals surface area contributed by atoms with E-state index in [2.05, 4.69) is 35.2 Å². The first kappa shape index (κ1) is 15.3. The number of carbonyl (C=O) groups is 1. The predicted octanol–water partition coefficient (Wildman–Crippen LogP) is 3.40. The van der Waals surface area contributed by atoms with Crippen molar-refractivity contribution in [3.05, 3.63) is 57.8 Å². The van der Waals surface area contributed by atoms with Gasteiger partial charge >= 0.3 is 0 Å². The van der Waals surface area contributed by atoms with Gasteiger partial charge in [-0.05, 0) is 35.9 Å². The third-order valence-corrected chi connectivity index (χ3v) is 5.19. The van der Waals surface area contributed by atoms with Gasteiger partial charge in [-0.15, -0.1) is 11.3 Å². The molecule has 0 unspecified atom stereocenters. The average Bonchev–Trinajstić information content (AvgIpc) is 2.82. The molecule has 1 aromatic heterocycles.